The number of carbonyl (C=O) groups is 3. The predicted molar refractivity (Wildman–Crippen MR) is 103 cm³/mol. The number of rotatable bonds is 8. The summed E-state index contributed by atoms with van der Waals surface area (Å²) in [7, 11) is 0. The Morgan fingerprint density at radius 2 is 2.00 bits per heavy atom. The van der Waals surface area contributed by atoms with E-state index in [1.165, 1.54) is 0 Å². The monoisotopic (exact) mass is 379 g/mol. The Hall–Kier alpha value is -2.06. The van der Waals surface area contributed by atoms with Crippen LogP contribution in [-0.2, 0) is 9.59 Å². The van der Waals surface area contributed by atoms with E-state index < -0.39 is 12.0 Å². The van der Waals surface area contributed by atoms with Gasteiger partial charge in [0.05, 0.1) is 6.54 Å². The Kier molecular flexibility index (Phi) is 7.93. The van der Waals surface area contributed by atoms with Crippen molar-refractivity contribution in [3.63, 3.8) is 0 Å². The second kappa shape index (κ2) is 10.2. The van der Waals surface area contributed by atoms with Crippen LogP contribution in [0.2, 0.25) is 0 Å². The highest BCUT2D eigenvalue weighted by molar-refractivity contribution is 7.99. The standard InChI is InChI=1S/C18H25N3O4S/c1-2-4-15(18(24)25)19-12-16(22)20-14-6-3-5-13(11-14)17(23)21-7-9-26-10-8-21/h3,5-6,11,15,19H,2,4,7-10,12H2,1H3,(H,20,22)(H,24,25). The number of hydrogen-bond acceptors (Lipinski definition) is 5. The quantitative estimate of drug-likeness (QED) is 0.635. The summed E-state index contributed by atoms with van der Waals surface area (Å²) in [6.07, 6.45) is 1.17. The Morgan fingerprint density at radius 3 is 2.65 bits per heavy atom. The van der Waals surface area contributed by atoms with Gasteiger partial charge in [-0.05, 0) is 24.6 Å². The Morgan fingerprint density at radius 1 is 1.27 bits per heavy atom. The molecule has 1 atom stereocenters. The summed E-state index contributed by atoms with van der Waals surface area (Å²) in [5.41, 5.74) is 1.06. The fourth-order valence-electron chi connectivity index (χ4n) is 2.70. The molecule has 0 bridgehead atoms. The van der Waals surface area contributed by atoms with Crippen LogP contribution in [0.1, 0.15) is 30.1 Å². The molecule has 1 aliphatic rings. The zero-order chi connectivity index (χ0) is 18.9. The molecule has 142 valence electrons. The number of hydrogen-bond donors (Lipinski definition) is 3. The first-order valence-electron chi connectivity index (χ1n) is 8.74. The SMILES string of the molecule is CCCC(NCC(=O)Nc1cccc(C(=O)N2CCSCC2)c1)C(=O)O. The molecule has 0 radical (unpaired) electrons. The number of benzene rings is 1. The maximum Gasteiger partial charge on any atom is 0.320 e. The lowest BCUT2D eigenvalue weighted by Crippen LogP contribution is -2.41. The molecule has 26 heavy (non-hydrogen) atoms. The number of anilines is 1. The van der Waals surface area contributed by atoms with Crippen molar-refractivity contribution in [2.24, 2.45) is 0 Å². The van der Waals surface area contributed by atoms with E-state index in [1.54, 1.807) is 24.3 Å². The predicted octanol–water partition coefficient (Wildman–Crippen LogP) is 1.66. The third-order valence-corrected chi connectivity index (χ3v) is 5.02. The van der Waals surface area contributed by atoms with Crippen molar-refractivity contribution in [1.29, 1.82) is 0 Å². The second-order valence-corrected chi connectivity index (χ2v) is 7.32. The fourth-order valence-corrected chi connectivity index (χ4v) is 3.60. The van der Waals surface area contributed by atoms with Gasteiger partial charge in [-0.25, -0.2) is 0 Å². The number of nitrogens with zero attached hydrogens (tertiary/aromatic N) is 1. The zero-order valence-corrected chi connectivity index (χ0v) is 15.7. The average molecular weight is 379 g/mol. The lowest BCUT2D eigenvalue weighted by molar-refractivity contribution is -0.139. The van der Waals surface area contributed by atoms with Crippen molar-refractivity contribution in [2.75, 3.05) is 36.5 Å². The minimum atomic E-state index is -0.966. The van der Waals surface area contributed by atoms with Gasteiger partial charge in [0.25, 0.3) is 5.91 Å². The largest absolute Gasteiger partial charge is 0.480 e. The van der Waals surface area contributed by atoms with E-state index in [2.05, 4.69) is 10.6 Å². The van der Waals surface area contributed by atoms with Crippen LogP contribution in [0.5, 0.6) is 0 Å². The van der Waals surface area contributed by atoms with E-state index in [-0.39, 0.29) is 18.4 Å². The molecule has 1 aliphatic heterocycles. The molecule has 0 saturated carbocycles. The molecule has 1 aromatic rings. The van der Waals surface area contributed by atoms with Crippen molar-refractivity contribution in [3.8, 4) is 0 Å². The van der Waals surface area contributed by atoms with Gasteiger partial charge in [-0.1, -0.05) is 19.4 Å². The number of thioether (sulfide) groups is 1. The summed E-state index contributed by atoms with van der Waals surface area (Å²) < 4.78 is 0. The third kappa shape index (κ3) is 6.03. The average Bonchev–Trinajstić information content (AvgIpc) is 2.65. The molecule has 3 N–H and O–H groups in total. The van der Waals surface area contributed by atoms with Crippen molar-refractivity contribution >= 4 is 35.2 Å². The maximum atomic E-state index is 12.5. The molecule has 1 heterocycles. The summed E-state index contributed by atoms with van der Waals surface area (Å²) in [6.45, 7) is 3.26. The van der Waals surface area contributed by atoms with Crippen LogP contribution in [0.3, 0.4) is 0 Å². The first kappa shape index (κ1) is 20.3. The Balaban J connectivity index is 1.91. The molecule has 1 unspecified atom stereocenters. The molecule has 0 aliphatic carbocycles. The van der Waals surface area contributed by atoms with Crippen molar-refractivity contribution in [1.82, 2.24) is 10.2 Å². The van der Waals surface area contributed by atoms with E-state index in [9.17, 15) is 14.4 Å². The molecule has 8 heteroatoms. The molecule has 2 rings (SSSR count). The van der Waals surface area contributed by atoms with Gasteiger partial charge in [0.15, 0.2) is 0 Å². The number of amides is 2. The highest BCUT2D eigenvalue weighted by Gasteiger charge is 2.19. The summed E-state index contributed by atoms with van der Waals surface area (Å²) >= 11 is 1.84. The van der Waals surface area contributed by atoms with Crippen LogP contribution in [-0.4, -0.2) is 65.0 Å². The molecule has 2 amide bonds. The first-order valence-corrected chi connectivity index (χ1v) is 9.90. The van der Waals surface area contributed by atoms with Crippen LogP contribution in [0.4, 0.5) is 5.69 Å². The molecular formula is C18H25N3O4S. The van der Waals surface area contributed by atoms with Gasteiger partial charge in [-0.15, -0.1) is 0 Å². The van der Waals surface area contributed by atoms with Crippen LogP contribution < -0.4 is 10.6 Å². The van der Waals surface area contributed by atoms with E-state index in [0.717, 1.165) is 24.6 Å². The van der Waals surface area contributed by atoms with E-state index in [1.807, 2.05) is 23.6 Å². The fraction of sp³-hybridized carbons (Fsp3) is 0.500. The second-order valence-electron chi connectivity index (χ2n) is 6.09. The molecule has 0 aromatic heterocycles. The summed E-state index contributed by atoms with van der Waals surface area (Å²) in [4.78, 5) is 37.5. The lowest BCUT2D eigenvalue weighted by atomic mass is 10.1. The molecule has 1 saturated heterocycles. The van der Waals surface area contributed by atoms with Gasteiger partial charge >= 0.3 is 5.97 Å². The smallest absolute Gasteiger partial charge is 0.320 e. The number of carboxylic acid groups (broad SMARTS) is 1. The molecule has 0 spiro atoms. The van der Waals surface area contributed by atoms with Gasteiger partial charge in [-0.3, -0.25) is 19.7 Å². The third-order valence-electron chi connectivity index (χ3n) is 4.08. The summed E-state index contributed by atoms with van der Waals surface area (Å²) in [6, 6.07) is 6.09. The number of carbonyl (C=O) groups excluding carboxylic acids is 2. The van der Waals surface area contributed by atoms with Gasteiger partial charge in [0.2, 0.25) is 5.91 Å². The zero-order valence-electron chi connectivity index (χ0n) is 14.9. The van der Waals surface area contributed by atoms with Crippen molar-refractivity contribution in [2.45, 2.75) is 25.8 Å². The number of carboxylic acids is 1. The number of aliphatic carboxylic acids is 1. The van der Waals surface area contributed by atoms with Gasteiger partial charge < -0.3 is 15.3 Å². The van der Waals surface area contributed by atoms with Gasteiger partial charge in [0.1, 0.15) is 6.04 Å². The van der Waals surface area contributed by atoms with Crippen LogP contribution in [0, 0.1) is 0 Å². The molecule has 1 fully saturated rings. The van der Waals surface area contributed by atoms with Crippen LogP contribution in [0.25, 0.3) is 0 Å². The molecular weight excluding hydrogens is 354 g/mol. The minimum Gasteiger partial charge on any atom is -0.480 e. The minimum absolute atomic E-state index is 0.0339. The molecule has 7 nitrogen and oxygen atoms in total. The van der Waals surface area contributed by atoms with Gasteiger partial charge in [0, 0.05) is 35.8 Å². The lowest BCUT2D eigenvalue weighted by Gasteiger charge is -2.26. The van der Waals surface area contributed by atoms with Gasteiger partial charge in [-0.2, -0.15) is 11.8 Å². The van der Waals surface area contributed by atoms with Crippen molar-refractivity contribution < 1.29 is 19.5 Å². The Labute approximate surface area is 157 Å². The van der Waals surface area contributed by atoms with E-state index >= 15 is 0 Å². The number of nitrogens with one attached hydrogen (secondary N) is 2. The maximum absolute atomic E-state index is 12.5. The summed E-state index contributed by atoms with van der Waals surface area (Å²) in [5, 5.41) is 14.5. The molecule has 1 aromatic carbocycles. The van der Waals surface area contributed by atoms with E-state index in [0.29, 0.717) is 24.1 Å². The highest BCUT2D eigenvalue weighted by atomic mass is 32.2. The van der Waals surface area contributed by atoms with E-state index in [4.69, 9.17) is 5.11 Å². The van der Waals surface area contributed by atoms with Crippen molar-refractivity contribution in [3.05, 3.63) is 29.8 Å². The van der Waals surface area contributed by atoms with Crippen LogP contribution >= 0.6 is 11.8 Å². The normalized spacial score (nSPS) is 15.3. The Bertz CT molecular complexity index is 647. The summed E-state index contributed by atoms with van der Waals surface area (Å²) in [5.74, 6) is 0.541. The highest BCUT2D eigenvalue weighted by Crippen LogP contribution is 2.16. The van der Waals surface area contributed by atoms with Crippen LogP contribution in [0.15, 0.2) is 24.3 Å². The first-order chi connectivity index (χ1) is 12.5. The topological polar surface area (TPSA) is 98.7 Å².